The molecular weight excluding hydrogens is 254 g/mol. The molecule has 1 aromatic carbocycles. The molecule has 0 amide bonds. The van der Waals surface area contributed by atoms with Crippen molar-refractivity contribution in [3.8, 4) is 5.75 Å². The van der Waals surface area contributed by atoms with E-state index in [0.29, 0.717) is 6.61 Å². The van der Waals surface area contributed by atoms with Gasteiger partial charge >= 0.3 is 5.97 Å². The van der Waals surface area contributed by atoms with E-state index < -0.39 is 0 Å². The number of nitrogens with two attached hydrogens (primary N) is 1. The van der Waals surface area contributed by atoms with Gasteiger partial charge in [-0.1, -0.05) is 39.0 Å². The first kappa shape index (κ1) is 16.5. The second kappa shape index (κ2) is 7.90. The highest BCUT2D eigenvalue weighted by Gasteiger charge is 2.18. The van der Waals surface area contributed by atoms with Gasteiger partial charge in [-0.05, 0) is 24.0 Å². The normalized spacial score (nSPS) is 12.8. The number of carbonyl (C=O) groups is 1. The maximum Gasteiger partial charge on any atom is 0.307 e. The Morgan fingerprint density at radius 1 is 1.20 bits per heavy atom. The van der Waals surface area contributed by atoms with Gasteiger partial charge in [0.2, 0.25) is 0 Å². The lowest BCUT2D eigenvalue weighted by Gasteiger charge is -2.22. The summed E-state index contributed by atoms with van der Waals surface area (Å²) >= 11 is 0. The quantitative estimate of drug-likeness (QED) is 0.616. The lowest BCUT2D eigenvalue weighted by atomic mass is 9.87. The number of ether oxygens (including phenoxy) is 2. The highest BCUT2D eigenvalue weighted by molar-refractivity contribution is 5.70. The molecule has 112 valence electrons. The van der Waals surface area contributed by atoms with Crippen molar-refractivity contribution in [3.63, 3.8) is 0 Å². The van der Waals surface area contributed by atoms with Gasteiger partial charge in [-0.3, -0.25) is 4.79 Å². The molecule has 20 heavy (non-hydrogen) atoms. The van der Waals surface area contributed by atoms with E-state index in [2.05, 4.69) is 20.8 Å². The van der Waals surface area contributed by atoms with Crippen molar-refractivity contribution in [2.24, 2.45) is 11.1 Å². The molecule has 1 aromatic rings. The van der Waals surface area contributed by atoms with Crippen LogP contribution in [0, 0.1) is 5.41 Å². The summed E-state index contributed by atoms with van der Waals surface area (Å²) in [5, 5.41) is 0. The second-order valence-corrected chi connectivity index (χ2v) is 6.11. The Bertz CT molecular complexity index is 398. The van der Waals surface area contributed by atoms with Crippen LogP contribution in [0.3, 0.4) is 0 Å². The summed E-state index contributed by atoms with van der Waals surface area (Å²) in [4.78, 5) is 11.6. The number of esters is 1. The summed E-state index contributed by atoms with van der Waals surface area (Å²) in [6.07, 6.45) is 1.05. The minimum absolute atomic E-state index is 0.121. The van der Waals surface area contributed by atoms with Gasteiger partial charge in [0.25, 0.3) is 0 Å². The van der Waals surface area contributed by atoms with Crippen molar-refractivity contribution in [1.29, 1.82) is 0 Å². The Hall–Kier alpha value is -1.55. The molecule has 1 unspecified atom stereocenters. The number of hydrogen-bond donors (Lipinski definition) is 1. The third-order valence-electron chi connectivity index (χ3n) is 2.66. The topological polar surface area (TPSA) is 61.6 Å². The Balaban J connectivity index is 2.14. The first-order valence-electron chi connectivity index (χ1n) is 6.96. The van der Waals surface area contributed by atoms with Gasteiger partial charge in [0, 0.05) is 6.04 Å². The van der Waals surface area contributed by atoms with Gasteiger partial charge in [0.05, 0.1) is 6.42 Å². The molecule has 0 aliphatic carbocycles. The molecule has 0 spiro atoms. The highest BCUT2D eigenvalue weighted by atomic mass is 16.6. The standard InChI is InChI=1S/C16H25NO3/c1-16(2,3)12-13(17)11-15(18)20-10-9-19-14-7-5-4-6-8-14/h4-8,13H,9-12,17H2,1-3H3. The van der Waals surface area contributed by atoms with Crippen LogP contribution in [-0.4, -0.2) is 25.2 Å². The molecule has 1 atom stereocenters. The van der Waals surface area contributed by atoms with E-state index >= 15 is 0 Å². The van der Waals surface area contributed by atoms with Crippen molar-refractivity contribution in [1.82, 2.24) is 0 Å². The van der Waals surface area contributed by atoms with Crippen molar-refractivity contribution >= 4 is 5.97 Å². The number of rotatable bonds is 7. The predicted octanol–water partition coefficient (Wildman–Crippen LogP) is 2.76. The Kier molecular flexibility index (Phi) is 6.52. The minimum atomic E-state index is -0.265. The number of hydrogen-bond acceptors (Lipinski definition) is 4. The van der Waals surface area contributed by atoms with Crippen LogP contribution in [0.15, 0.2) is 30.3 Å². The molecule has 2 N–H and O–H groups in total. The molecule has 0 aromatic heterocycles. The highest BCUT2D eigenvalue weighted by Crippen LogP contribution is 2.21. The molecule has 0 aliphatic rings. The van der Waals surface area contributed by atoms with E-state index in [1.54, 1.807) is 0 Å². The van der Waals surface area contributed by atoms with Crippen LogP contribution in [0.4, 0.5) is 0 Å². The third kappa shape index (κ3) is 7.79. The fourth-order valence-corrected chi connectivity index (χ4v) is 1.96. The van der Waals surface area contributed by atoms with Crippen molar-refractivity contribution in [3.05, 3.63) is 30.3 Å². The molecule has 4 nitrogen and oxygen atoms in total. The van der Waals surface area contributed by atoms with Crippen molar-refractivity contribution in [2.45, 2.75) is 39.7 Å². The van der Waals surface area contributed by atoms with Gasteiger partial charge in [0.15, 0.2) is 0 Å². The predicted molar refractivity (Wildman–Crippen MR) is 79.6 cm³/mol. The molecule has 0 bridgehead atoms. The van der Waals surface area contributed by atoms with Crippen LogP contribution in [0.25, 0.3) is 0 Å². The summed E-state index contributed by atoms with van der Waals surface area (Å²) in [6.45, 7) is 6.91. The molecule has 0 aliphatic heterocycles. The lowest BCUT2D eigenvalue weighted by Crippen LogP contribution is -2.30. The molecule has 0 radical (unpaired) electrons. The first-order valence-corrected chi connectivity index (χ1v) is 6.96. The largest absolute Gasteiger partial charge is 0.490 e. The smallest absolute Gasteiger partial charge is 0.307 e. The SMILES string of the molecule is CC(C)(C)CC(N)CC(=O)OCCOc1ccccc1. The average Bonchev–Trinajstić information content (AvgIpc) is 2.33. The van der Waals surface area contributed by atoms with E-state index in [1.165, 1.54) is 0 Å². The molecule has 0 saturated carbocycles. The van der Waals surface area contributed by atoms with Gasteiger partial charge in [-0.2, -0.15) is 0 Å². The summed E-state index contributed by atoms with van der Waals surface area (Å²) in [6, 6.07) is 9.28. The fraction of sp³-hybridized carbons (Fsp3) is 0.562. The van der Waals surface area contributed by atoms with E-state index in [9.17, 15) is 4.79 Å². The van der Waals surface area contributed by atoms with E-state index in [1.807, 2.05) is 30.3 Å². The molecule has 0 saturated heterocycles. The monoisotopic (exact) mass is 279 g/mol. The molecular formula is C16H25NO3. The van der Waals surface area contributed by atoms with E-state index in [4.69, 9.17) is 15.2 Å². The summed E-state index contributed by atoms with van der Waals surface area (Å²) in [7, 11) is 0. The van der Waals surface area contributed by atoms with Crippen LogP contribution >= 0.6 is 0 Å². The Labute approximate surface area is 121 Å². The van der Waals surface area contributed by atoms with Gasteiger partial charge in [0.1, 0.15) is 19.0 Å². The van der Waals surface area contributed by atoms with Crippen LogP contribution < -0.4 is 10.5 Å². The zero-order valence-electron chi connectivity index (χ0n) is 12.6. The lowest BCUT2D eigenvalue weighted by molar-refractivity contribution is -0.144. The first-order chi connectivity index (χ1) is 9.37. The second-order valence-electron chi connectivity index (χ2n) is 6.11. The Morgan fingerprint density at radius 3 is 2.45 bits per heavy atom. The summed E-state index contributed by atoms with van der Waals surface area (Å²) in [5.41, 5.74) is 6.05. The zero-order chi connectivity index (χ0) is 15.0. The van der Waals surface area contributed by atoms with Crippen LogP contribution in [-0.2, 0) is 9.53 Å². The molecule has 1 rings (SSSR count). The van der Waals surface area contributed by atoms with Crippen molar-refractivity contribution in [2.75, 3.05) is 13.2 Å². The van der Waals surface area contributed by atoms with Gasteiger partial charge in [-0.15, -0.1) is 0 Å². The summed E-state index contributed by atoms with van der Waals surface area (Å²) < 4.78 is 10.5. The number of carbonyl (C=O) groups excluding carboxylic acids is 1. The molecule has 0 heterocycles. The number of para-hydroxylation sites is 1. The van der Waals surface area contributed by atoms with Gasteiger partial charge in [-0.25, -0.2) is 0 Å². The average molecular weight is 279 g/mol. The van der Waals surface area contributed by atoms with E-state index in [-0.39, 0.29) is 30.5 Å². The maximum absolute atomic E-state index is 11.6. The van der Waals surface area contributed by atoms with Crippen LogP contribution in [0.1, 0.15) is 33.6 Å². The minimum Gasteiger partial charge on any atom is -0.490 e. The fourth-order valence-electron chi connectivity index (χ4n) is 1.96. The van der Waals surface area contributed by atoms with Crippen molar-refractivity contribution < 1.29 is 14.3 Å². The summed E-state index contributed by atoms with van der Waals surface area (Å²) in [5.74, 6) is 0.506. The van der Waals surface area contributed by atoms with Crippen LogP contribution in [0.5, 0.6) is 5.75 Å². The Morgan fingerprint density at radius 2 is 1.85 bits per heavy atom. The van der Waals surface area contributed by atoms with Crippen LogP contribution in [0.2, 0.25) is 0 Å². The maximum atomic E-state index is 11.6. The zero-order valence-corrected chi connectivity index (χ0v) is 12.6. The van der Waals surface area contributed by atoms with Gasteiger partial charge < -0.3 is 15.2 Å². The molecule has 4 heteroatoms. The number of benzene rings is 1. The third-order valence-corrected chi connectivity index (χ3v) is 2.66. The van der Waals surface area contributed by atoms with E-state index in [0.717, 1.165) is 12.2 Å². The molecule has 0 fully saturated rings.